The molecule has 0 amide bonds. The Labute approximate surface area is 214 Å². The summed E-state index contributed by atoms with van der Waals surface area (Å²) < 4.78 is 25.2. The fourth-order valence-electron chi connectivity index (χ4n) is 4.11. The van der Waals surface area contributed by atoms with Crippen LogP contribution in [0.15, 0.2) is 72.8 Å². The van der Waals surface area contributed by atoms with Crippen molar-refractivity contribution in [2.24, 2.45) is 0 Å². The lowest BCUT2D eigenvalue weighted by Gasteiger charge is -2.32. The molecule has 3 aromatic carbocycles. The molecule has 0 spiro atoms. The van der Waals surface area contributed by atoms with Gasteiger partial charge < -0.3 is 14.8 Å². The van der Waals surface area contributed by atoms with E-state index < -0.39 is 0 Å². The molecule has 34 heavy (non-hydrogen) atoms. The number of nitrogens with one attached hydrogen (secondary N) is 1. The smallest absolute Gasteiger partial charge is 0.161 e. The van der Waals surface area contributed by atoms with E-state index in [1.807, 2.05) is 18.2 Å². The molecule has 1 aliphatic heterocycles. The average Bonchev–Trinajstić information content (AvgIpc) is 2.84. The fraction of sp³-hybridized carbons (Fsp3) is 0.333. The molecule has 0 saturated carbocycles. The van der Waals surface area contributed by atoms with Crippen molar-refractivity contribution in [3.8, 4) is 11.5 Å². The normalized spacial score (nSPS) is 14.1. The summed E-state index contributed by atoms with van der Waals surface area (Å²) in [6.07, 6.45) is 2.29. The van der Waals surface area contributed by atoms with E-state index in [4.69, 9.17) is 9.47 Å². The molecule has 0 aromatic heterocycles. The Balaban J connectivity index is 0.00000204. The highest BCUT2D eigenvalue weighted by molar-refractivity contribution is 5.85. The molecule has 0 radical (unpaired) electrons. The molecule has 184 valence electrons. The van der Waals surface area contributed by atoms with Crippen LogP contribution < -0.4 is 14.8 Å². The molecule has 4 nitrogen and oxygen atoms in total. The third-order valence-electron chi connectivity index (χ3n) is 6.00. The van der Waals surface area contributed by atoms with Crippen molar-refractivity contribution in [3.05, 3.63) is 95.3 Å². The van der Waals surface area contributed by atoms with Gasteiger partial charge in [0.15, 0.2) is 11.5 Å². The van der Waals surface area contributed by atoms with Gasteiger partial charge in [0.2, 0.25) is 0 Å². The summed E-state index contributed by atoms with van der Waals surface area (Å²) >= 11 is 0. The van der Waals surface area contributed by atoms with Crippen LogP contribution in [0.5, 0.6) is 11.5 Å². The zero-order valence-corrected chi connectivity index (χ0v) is 21.0. The summed E-state index contributed by atoms with van der Waals surface area (Å²) in [6, 6.07) is 23.8. The molecule has 7 heteroatoms. The lowest BCUT2D eigenvalue weighted by molar-refractivity contribution is 0.190. The van der Waals surface area contributed by atoms with Crippen molar-refractivity contribution in [3.63, 3.8) is 0 Å². The second-order valence-electron chi connectivity index (χ2n) is 8.28. The zero-order chi connectivity index (χ0) is 22.2. The number of piperidine rings is 1. The quantitative estimate of drug-likeness (QED) is 0.385. The Hall–Kier alpha value is -2.31. The van der Waals surface area contributed by atoms with Crippen molar-refractivity contribution >= 4 is 24.8 Å². The van der Waals surface area contributed by atoms with Crippen LogP contribution in [0.3, 0.4) is 0 Å². The number of hydrogen-bond donors (Lipinski definition) is 1. The molecule has 1 heterocycles. The maximum atomic E-state index is 13.8. The summed E-state index contributed by atoms with van der Waals surface area (Å²) in [6.45, 7) is 4.20. The van der Waals surface area contributed by atoms with Gasteiger partial charge in [0.05, 0.1) is 7.11 Å². The van der Waals surface area contributed by atoms with Gasteiger partial charge >= 0.3 is 0 Å². The van der Waals surface area contributed by atoms with Crippen LogP contribution in [0.2, 0.25) is 0 Å². The number of hydrogen-bond acceptors (Lipinski definition) is 4. The van der Waals surface area contributed by atoms with E-state index >= 15 is 0 Å². The monoisotopic (exact) mass is 506 g/mol. The molecule has 4 rings (SSSR count). The highest BCUT2D eigenvalue weighted by Gasteiger charge is 2.19. The Bertz CT molecular complexity index is 999. The Morgan fingerprint density at radius 3 is 2.29 bits per heavy atom. The molecule has 3 aromatic rings. The molecule has 0 aliphatic carbocycles. The molecular formula is C27H33Cl2FN2O2. The van der Waals surface area contributed by atoms with Crippen molar-refractivity contribution in [2.45, 2.75) is 38.6 Å². The van der Waals surface area contributed by atoms with E-state index in [9.17, 15) is 4.39 Å². The topological polar surface area (TPSA) is 33.7 Å². The van der Waals surface area contributed by atoms with Gasteiger partial charge in [0.25, 0.3) is 0 Å². The van der Waals surface area contributed by atoms with Crippen LogP contribution in [0.4, 0.5) is 4.39 Å². The molecule has 0 bridgehead atoms. The first-order valence-corrected chi connectivity index (χ1v) is 11.2. The Morgan fingerprint density at radius 2 is 1.59 bits per heavy atom. The van der Waals surface area contributed by atoms with E-state index in [0.717, 1.165) is 44.6 Å². The Kier molecular flexibility index (Phi) is 11.6. The number of methoxy groups -OCH3 is 1. The Morgan fingerprint density at radius 1 is 0.882 bits per heavy atom. The first kappa shape index (κ1) is 27.9. The maximum Gasteiger partial charge on any atom is 0.161 e. The third kappa shape index (κ3) is 7.88. The molecular weight excluding hydrogens is 474 g/mol. The van der Waals surface area contributed by atoms with E-state index in [1.54, 1.807) is 25.3 Å². The SMILES string of the molecule is COc1cc(CNC2CCN(Cc3ccccc3)CC2)ccc1OCc1ccccc1F.Cl.Cl. The van der Waals surface area contributed by atoms with Crippen LogP contribution in [0.1, 0.15) is 29.5 Å². The summed E-state index contributed by atoms with van der Waals surface area (Å²) in [5.41, 5.74) is 3.05. The standard InChI is InChI=1S/C27H31FN2O2.2ClH/c1-31-27-17-22(11-12-26(27)32-20-23-9-5-6-10-25(23)28)18-29-24-13-15-30(16-14-24)19-21-7-3-2-4-8-21;;/h2-12,17,24,29H,13-16,18-20H2,1H3;2*1H. The number of halogens is 3. The van der Waals surface area contributed by atoms with Crippen LogP contribution in [-0.2, 0) is 19.7 Å². The van der Waals surface area contributed by atoms with Gasteiger partial charge in [-0.2, -0.15) is 0 Å². The third-order valence-corrected chi connectivity index (χ3v) is 6.00. The average molecular weight is 507 g/mol. The minimum absolute atomic E-state index is 0. The molecule has 1 fully saturated rings. The van der Waals surface area contributed by atoms with E-state index in [2.05, 4.69) is 40.5 Å². The molecule has 1 N–H and O–H groups in total. The number of benzene rings is 3. The van der Waals surface area contributed by atoms with E-state index in [-0.39, 0.29) is 37.2 Å². The zero-order valence-electron chi connectivity index (χ0n) is 19.4. The maximum absolute atomic E-state index is 13.8. The van der Waals surface area contributed by atoms with Crippen molar-refractivity contribution in [1.82, 2.24) is 10.2 Å². The summed E-state index contributed by atoms with van der Waals surface area (Å²) in [5.74, 6) is 1.02. The number of ether oxygens (including phenoxy) is 2. The van der Waals surface area contributed by atoms with Gasteiger partial charge in [-0.15, -0.1) is 24.8 Å². The second kappa shape index (κ2) is 14.2. The van der Waals surface area contributed by atoms with Gasteiger partial charge in [0.1, 0.15) is 12.4 Å². The van der Waals surface area contributed by atoms with Crippen LogP contribution >= 0.6 is 24.8 Å². The largest absolute Gasteiger partial charge is 0.493 e. The predicted molar refractivity (Wildman–Crippen MR) is 140 cm³/mol. The van der Waals surface area contributed by atoms with Gasteiger partial charge in [-0.3, -0.25) is 4.90 Å². The first-order valence-electron chi connectivity index (χ1n) is 11.2. The van der Waals surface area contributed by atoms with Crippen LogP contribution in [0.25, 0.3) is 0 Å². The van der Waals surface area contributed by atoms with E-state index in [0.29, 0.717) is 23.1 Å². The van der Waals surface area contributed by atoms with Crippen molar-refractivity contribution in [2.75, 3.05) is 20.2 Å². The fourth-order valence-corrected chi connectivity index (χ4v) is 4.11. The first-order chi connectivity index (χ1) is 15.7. The molecule has 0 atom stereocenters. The molecule has 0 unspecified atom stereocenters. The minimum atomic E-state index is -0.262. The molecule has 1 aliphatic rings. The lowest BCUT2D eigenvalue weighted by atomic mass is 10.0. The summed E-state index contributed by atoms with van der Waals surface area (Å²) in [7, 11) is 1.63. The summed E-state index contributed by atoms with van der Waals surface area (Å²) in [5, 5.41) is 3.69. The lowest BCUT2D eigenvalue weighted by Crippen LogP contribution is -2.41. The van der Waals surface area contributed by atoms with Gasteiger partial charge in [-0.1, -0.05) is 54.6 Å². The number of rotatable bonds is 9. The van der Waals surface area contributed by atoms with Gasteiger partial charge in [-0.05, 0) is 55.3 Å². The van der Waals surface area contributed by atoms with Crippen LogP contribution in [-0.4, -0.2) is 31.1 Å². The second-order valence-corrected chi connectivity index (χ2v) is 8.28. The van der Waals surface area contributed by atoms with Gasteiger partial charge in [0, 0.05) is 24.7 Å². The summed E-state index contributed by atoms with van der Waals surface area (Å²) in [4.78, 5) is 2.53. The number of nitrogens with zero attached hydrogens (tertiary/aromatic N) is 1. The number of likely N-dealkylation sites (tertiary alicyclic amines) is 1. The predicted octanol–water partition coefficient (Wildman–Crippen LogP) is 6.01. The van der Waals surface area contributed by atoms with E-state index in [1.165, 1.54) is 11.6 Å². The highest BCUT2D eigenvalue weighted by atomic mass is 35.5. The van der Waals surface area contributed by atoms with Crippen molar-refractivity contribution < 1.29 is 13.9 Å². The van der Waals surface area contributed by atoms with Crippen molar-refractivity contribution in [1.29, 1.82) is 0 Å². The van der Waals surface area contributed by atoms with Crippen LogP contribution in [0, 0.1) is 5.82 Å². The highest BCUT2D eigenvalue weighted by Crippen LogP contribution is 2.29. The minimum Gasteiger partial charge on any atom is -0.493 e. The van der Waals surface area contributed by atoms with Gasteiger partial charge in [-0.25, -0.2) is 4.39 Å². The molecule has 1 saturated heterocycles.